The third-order valence-electron chi connectivity index (χ3n) is 3.44. The molecule has 7 N–H and O–H groups in total. The minimum atomic E-state index is -1.06. The third kappa shape index (κ3) is 4.97. The van der Waals surface area contributed by atoms with E-state index in [2.05, 4.69) is 15.1 Å². The molecule has 0 saturated heterocycles. The Kier molecular flexibility index (Phi) is 6.36. The van der Waals surface area contributed by atoms with E-state index in [-0.39, 0.29) is 17.1 Å². The highest BCUT2D eigenvalue weighted by atomic mass is 32.1. The van der Waals surface area contributed by atoms with Crippen LogP contribution in [0.3, 0.4) is 0 Å². The Bertz CT molecular complexity index is 927. The van der Waals surface area contributed by atoms with Gasteiger partial charge in [0.2, 0.25) is 0 Å². The van der Waals surface area contributed by atoms with E-state index in [1.165, 1.54) is 24.3 Å². The number of hydrogen-bond acceptors (Lipinski definition) is 6. The van der Waals surface area contributed by atoms with Gasteiger partial charge in [-0.25, -0.2) is 9.68 Å². The van der Waals surface area contributed by atoms with Crippen LogP contribution in [0.5, 0.6) is 5.75 Å². The molecule has 0 saturated carbocycles. The Morgan fingerprint density at radius 1 is 1.04 bits per heavy atom. The molecular weight excluding hydrogens is 370 g/mol. The van der Waals surface area contributed by atoms with Gasteiger partial charge in [0.25, 0.3) is 5.91 Å². The van der Waals surface area contributed by atoms with E-state index < -0.39 is 6.09 Å². The van der Waals surface area contributed by atoms with Gasteiger partial charge in [0.05, 0.1) is 11.4 Å². The molecule has 2 amide bonds. The smallest absolute Gasteiger partial charge is 0.412 e. The van der Waals surface area contributed by atoms with Crippen LogP contribution in [-0.4, -0.2) is 17.5 Å². The van der Waals surface area contributed by atoms with Crippen molar-refractivity contribution in [3.63, 3.8) is 0 Å². The van der Waals surface area contributed by atoms with Crippen LogP contribution in [0.1, 0.15) is 10.4 Å². The fraction of sp³-hybridized carbons (Fsp3) is 0. The number of anilines is 2. The maximum absolute atomic E-state index is 12.4. The number of thiophene rings is 1. The maximum atomic E-state index is 12.4. The average Bonchev–Trinajstić information content (AvgIpc) is 3.17. The maximum Gasteiger partial charge on any atom is 0.447 e. The van der Waals surface area contributed by atoms with Gasteiger partial charge in [-0.05, 0) is 53.4 Å². The Hall–Kier alpha value is -3.56. The lowest BCUT2D eigenvalue weighted by Crippen LogP contribution is -2.15. The van der Waals surface area contributed by atoms with Crippen LogP contribution in [0.15, 0.2) is 60.0 Å². The summed E-state index contributed by atoms with van der Waals surface area (Å²) >= 11 is 1.60. The average molecular weight is 387 g/mol. The molecule has 2 aromatic carbocycles. The molecule has 0 aliphatic heterocycles. The van der Waals surface area contributed by atoms with Crippen molar-refractivity contribution in [2.75, 3.05) is 11.1 Å². The summed E-state index contributed by atoms with van der Waals surface area (Å²) in [5.74, 6) is -0.0954. The molecular formula is C18H17N3O5S. The van der Waals surface area contributed by atoms with E-state index in [1.807, 2.05) is 29.6 Å². The highest BCUT2D eigenvalue weighted by molar-refractivity contribution is 7.13. The summed E-state index contributed by atoms with van der Waals surface area (Å²) in [4.78, 5) is 32.9. The Morgan fingerprint density at radius 2 is 1.78 bits per heavy atom. The van der Waals surface area contributed by atoms with Gasteiger partial charge >= 0.3 is 6.09 Å². The van der Waals surface area contributed by atoms with E-state index in [9.17, 15) is 9.59 Å². The number of hydrogen-bond donors (Lipinski definition) is 3. The summed E-state index contributed by atoms with van der Waals surface area (Å²) < 4.78 is 0. The zero-order valence-electron chi connectivity index (χ0n) is 14.0. The Labute approximate surface area is 158 Å². The SMILES string of the molecule is NC(=O)OOc1ccc(C(=O)Nc2cc(-c3cccs3)ccc2N)cc1.O. The van der Waals surface area contributed by atoms with Gasteiger partial charge in [0.15, 0.2) is 5.75 Å². The van der Waals surface area contributed by atoms with E-state index in [0.29, 0.717) is 16.9 Å². The predicted octanol–water partition coefficient (Wildman–Crippen LogP) is 2.81. The second kappa shape index (κ2) is 8.70. The number of nitrogens with two attached hydrogens (primary N) is 2. The van der Waals surface area contributed by atoms with E-state index in [0.717, 1.165) is 10.4 Å². The second-order valence-corrected chi connectivity index (χ2v) is 6.19. The van der Waals surface area contributed by atoms with E-state index in [4.69, 9.17) is 11.5 Å². The molecule has 1 aromatic heterocycles. The molecule has 0 aliphatic rings. The lowest BCUT2D eigenvalue weighted by molar-refractivity contribution is -0.138. The molecule has 0 bridgehead atoms. The number of carbonyl (C=O) groups excluding carboxylic acids is 2. The summed E-state index contributed by atoms with van der Waals surface area (Å²) in [6, 6.07) is 15.4. The van der Waals surface area contributed by atoms with Crippen LogP contribution in [-0.2, 0) is 4.89 Å². The quantitative estimate of drug-likeness (QED) is 0.350. The summed E-state index contributed by atoms with van der Waals surface area (Å²) in [6.07, 6.45) is -1.06. The topological polar surface area (TPSA) is 148 Å². The number of amides is 2. The van der Waals surface area contributed by atoms with Crippen LogP contribution in [0.25, 0.3) is 10.4 Å². The van der Waals surface area contributed by atoms with Gasteiger partial charge in [0.1, 0.15) is 0 Å². The summed E-state index contributed by atoms with van der Waals surface area (Å²) in [5.41, 5.74) is 13.1. The van der Waals surface area contributed by atoms with Gasteiger partial charge in [-0.15, -0.1) is 11.3 Å². The molecule has 1 heterocycles. The molecule has 0 radical (unpaired) electrons. The van der Waals surface area contributed by atoms with Crippen LogP contribution in [0.4, 0.5) is 16.2 Å². The molecule has 3 aromatic rings. The molecule has 140 valence electrons. The van der Waals surface area contributed by atoms with E-state index >= 15 is 0 Å². The van der Waals surface area contributed by atoms with Crippen molar-refractivity contribution in [3.8, 4) is 16.2 Å². The van der Waals surface area contributed by atoms with Gasteiger partial charge in [-0.2, -0.15) is 0 Å². The van der Waals surface area contributed by atoms with Crippen molar-refractivity contribution in [2.24, 2.45) is 5.73 Å². The highest BCUT2D eigenvalue weighted by Gasteiger charge is 2.10. The lowest BCUT2D eigenvalue weighted by Gasteiger charge is -2.10. The molecule has 27 heavy (non-hydrogen) atoms. The first-order valence-electron chi connectivity index (χ1n) is 7.52. The van der Waals surface area contributed by atoms with Crippen molar-refractivity contribution in [2.45, 2.75) is 0 Å². The molecule has 8 nitrogen and oxygen atoms in total. The van der Waals surface area contributed by atoms with Crippen molar-refractivity contribution < 1.29 is 24.8 Å². The van der Waals surface area contributed by atoms with Gasteiger partial charge < -0.3 is 22.3 Å². The Balaban J connectivity index is 0.00000261. The standard InChI is InChI=1S/C18H15N3O4S.H2O/c19-14-8-5-12(16-2-1-9-26-16)10-15(14)21-17(22)11-3-6-13(7-4-11)24-25-18(20)23;/h1-10H,19H2,(H2,20,23)(H,21,22);1H2. The van der Waals surface area contributed by atoms with Crippen LogP contribution >= 0.6 is 11.3 Å². The van der Waals surface area contributed by atoms with Crippen LogP contribution < -0.4 is 21.7 Å². The van der Waals surface area contributed by atoms with Crippen molar-refractivity contribution >= 4 is 34.7 Å². The zero-order chi connectivity index (χ0) is 18.5. The Morgan fingerprint density at radius 3 is 2.41 bits per heavy atom. The number of benzene rings is 2. The molecule has 0 spiro atoms. The fourth-order valence-corrected chi connectivity index (χ4v) is 2.93. The molecule has 0 fully saturated rings. The second-order valence-electron chi connectivity index (χ2n) is 5.24. The number of carbonyl (C=O) groups is 2. The minimum absolute atomic E-state index is 0. The number of nitrogens with one attached hydrogen (secondary N) is 1. The lowest BCUT2D eigenvalue weighted by atomic mass is 10.1. The van der Waals surface area contributed by atoms with Crippen LogP contribution in [0, 0.1) is 0 Å². The fourth-order valence-electron chi connectivity index (χ4n) is 2.21. The zero-order valence-corrected chi connectivity index (χ0v) is 14.8. The normalized spacial score (nSPS) is 9.78. The van der Waals surface area contributed by atoms with Crippen molar-refractivity contribution in [3.05, 3.63) is 65.5 Å². The van der Waals surface area contributed by atoms with Crippen molar-refractivity contribution in [1.82, 2.24) is 0 Å². The van der Waals surface area contributed by atoms with Crippen LogP contribution in [0.2, 0.25) is 0 Å². The highest BCUT2D eigenvalue weighted by Crippen LogP contribution is 2.30. The molecule has 3 rings (SSSR count). The van der Waals surface area contributed by atoms with Gasteiger partial charge in [-0.3, -0.25) is 9.68 Å². The molecule has 0 aliphatic carbocycles. The molecule has 9 heteroatoms. The summed E-state index contributed by atoms with van der Waals surface area (Å²) in [7, 11) is 0. The van der Waals surface area contributed by atoms with Gasteiger partial charge in [0, 0.05) is 10.4 Å². The largest absolute Gasteiger partial charge is 0.447 e. The minimum Gasteiger partial charge on any atom is -0.412 e. The van der Waals surface area contributed by atoms with Crippen molar-refractivity contribution in [1.29, 1.82) is 0 Å². The molecule has 0 unspecified atom stereocenters. The van der Waals surface area contributed by atoms with Gasteiger partial charge in [-0.1, -0.05) is 12.1 Å². The monoisotopic (exact) mass is 387 g/mol. The third-order valence-corrected chi connectivity index (χ3v) is 4.36. The first kappa shape index (κ1) is 19.8. The summed E-state index contributed by atoms with van der Waals surface area (Å²) in [6.45, 7) is 0. The number of rotatable bonds is 5. The number of nitrogen functional groups attached to an aromatic ring is 1. The first-order valence-corrected chi connectivity index (χ1v) is 8.39. The van der Waals surface area contributed by atoms with E-state index in [1.54, 1.807) is 17.4 Å². The predicted molar refractivity (Wildman–Crippen MR) is 103 cm³/mol. The summed E-state index contributed by atoms with van der Waals surface area (Å²) in [5, 5.41) is 4.77. The molecule has 0 atom stereocenters. The number of primary amides is 1. The first-order chi connectivity index (χ1) is 12.5.